The van der Waals surface area contributed by atoms with Crippen molar-refractivity contribution in [2.24, 2.45) is 0 Å². The lowest BCUT2D eigenvalue weighted by Crippen LogP contribution is -2.23. The van der Waals surface area contributed by atoms with Gasteiger partial charge >= 0.3 is 0 Å². The smallest absolute Gasteiger partial charge is 0.254 e. The lowest BCUT2D eigenvalue weighted by Gasteiger charge is -2.04. The van der Waals surface area contributed by atoms with Crippen LogP contribution in [-0.4, -0.2) is 5.91 Å². The van der Waals surface area contributed by atoms with E-state index in [1.807, 2.05) is 0 Å². The van der Waals surface area contributed by atoms with Crippen LogP contribution in [0.2, 0.25) is 5.02 Å². The van der Waals surface area contributed by atoms with Gasteiger partial charge in [-0.15, -0.1) is 0 Å². The Bertz CT molecular complexity index is 525. The number of amides is 1. The summed E-state index contributed by atoms with van der Waals surface area (Å²) in [6.07, 6.45) is 1.50. The molecular formula is C12H9ClFNO2. The summed E-state index contributed by atoms with van der Waals surface area (Å²) < 4.78 is 18.4. The Kier molecular flexibility index (Phi) is 3.44. The number of carbonyl (C=O) groups is 1. The zero-order valence-electron chi connectivity index (χ0n) is 8.74. The molecule has 5 heteroatoms. The molecule has 1 aromatic carbocycles. The molecule has 0 radical (unpaired) electrons. The maximum atomic E-state index is 13.4. The van der Waals surface area contributed by atoms with E-state index in [2.05, 4.69) is 5.32 Å². The van der Waals surface area contributed by atoms with Crippen molar-refractivity contribution in [2.75, 3.05) is 0 Å². The molecule has 1 N–H and O–H groups in total. The predicted octanol–water partition coefficient (Wildman–Crippen LogP) is 3.00. The Morgan fingerprint density at radius 3 is 2.88 bits per heavy atom. The molecule has 1 aromatic heterocycles. The van der Waals surface area contributed by atoms with Gasteiger partial charge in [0.05, 0.1) is 18.4 Å². The van der Waals surface area contributed by atoms with Gasteiger partial charge in [0.15, 0.2) is 0 Å². The van der Waals surface area contributed by atoms with Crippen LogP contribution < -0.4 is 5.32 Å². The zero-order valence-corrected chi connectivity index (χ0v) is 9.50. The molecule has 1 amide bonds. The third-order valence-electron chi connectivity index (χ3n) is 2.18. The first kappa shape index (κ1) is 11.7. The largest absolute Gasteiger partial charge is 0.467 e. The predicted molar refractivity (Wildman–Crippen MR) is 61.3 cm³/mol. The van der Waals surface area contributed by atoms with E-state index in [9.17, 15) is 9.18 Å². The van der Waals surface area contributed by atoms with Crippen LogP contribution in [0.15, 0.2) is 41.0 Å². The van der Waals surface area contributed by atoms with Crippen LogP contribution in [0.4, 0.5) is 4.39 Å². The highest BCUT2D eigenvalue weighted by atomic mass is 35.5. The lowest BCUT2D eigenvalue weighted by atomic mass is 10.2. The molecule has 2 aromatic rings. The Hall–Kier alpha value is -1.81. The first-order valence-corrected chi connectivity index (χ1v) is 5.30. The van der Waals surface area contributed by atoms with Crippen molar-refractivity contribution in [2.45, 2.75) is 6.54 Å². The third kappa shape index (κ3) is 2.85. The van der Waals surface area contributed by atoms with Gasteiger partial charge in [-0.3, -0.25) is 4.79 Å². The minimum absolute atomic E-state index is 0.0408. The fourth-order valence-corrected chi connectivity index (χ4v) is 1.51. The number of carbonyl (C=O) groups excluding carboxylic acids is 1. The van der Waals surface area contributed by atoms with E-state index in [1.54, 1.807) is 12.1 Å². The zero-order chi connectivity index (χ0) is 12.3. The van der Waals surface area contributed by atoms with Gasteiger partial charge < -0.3 is 9.73 Å². The summed E-state index contributed by atoms with van der Waals surface area (Å²) in [6, 6.07) is 7.34. The first-order chi connectivity index (χ1) is 8.16. The third-order valence-corrected chi connectivity index (χ3v) is 2.41. The van der Waals surface area contributed by atoms with E-state index in [0.29, 0.717) is 5.76 Å². The molecule has 0 aliphatic heterocycles. The molecule has 0 fully saturated rings. The normalized spacial score (nSPS) is 10.2. The average Bonchev–Trinajstić information content (AvgIpc) is 2.78. The molecule has 0 aliphatic rings. The quantitative estimate of drug-likeness (QED) is 0.914. The highest BCUT2D eigenvalue weighted by molar-refractivity contribution is 6.30. The van der Waals surface area contributed by atoms with Crippen LogP contribution in [0.1, 0.15) is 16.1 Å². The van der Waals surface area contributed by atoms with Crippen LogP contribution in [-0.2, 0) is 6.54 Å². The topological polar surface area (TPSA) is 42.2 Å². The molecule has 2 rings (SSSR count). The summed E-state index contributed by atoms with van der Waals surface area (Å²) in [5.74, 6) is -0.544. The van der Waals surface area contributed by atoms with Crippen molar-refractivity contribution in [1.82, 2.24) is 5.32 Å². The van der Waals surface area contributed by atoms with Crippen molar-refractivity contribution in [1.29, 1.82) is 0 Å². The number of benzene rings is 1. The second kappa shape index (κ2) is 5.01. The molecule has 0 saturated carbocycles. The Balaban J connectivity index is 2.04. The van der Waals surface area contributed by atoms with Gasteiger partial charge in [-0.1, -0.05) is 11.6 Å². The number of nitrogens with one attached hydrogen (secondary N) is 1. The average molecular weight is 254 g/mol. The van der Waals surface area contributed by atoms with E-state index in [1.165, 1.54) is 18.4 Å². The van der Waals surface area contributed by atoms with Crippen LogP contribution in [0.3, 0.4) is 0 Å². The molecule has 0 spiro atoms. The van der Waals surface area contributed by atoms with Gasteiger partial charge in [-0.25, -0.2) is 4.39 Å². The van der Waals surface area contributed by atoms with E-state index in [4.69, 9.17) is 16.0 Å². The molecule has 0 saturated heterocycles. The van der Waals surface area contributed by atoms with Crippen molar-refractivity contribution >= 4 is 17.5 Å². The molecule has 0 aliphatic carbocycles. The standard InChI is InChI=1S/C12H9ClFNO2/c13-8-3-4-10(11(14)6-8)12(16)15-7-9-2-1-5-17-9/h1-6H,7H2,(H,15,16). The molecule has 0 atom stereocenters. The molecule has 3 nitrogen and oxygen atoms in total. The lowest BCUT2D eigenvalue weighted by molar-refractivity contribution is 0.0944. The van der Waals surface area contributed by atoms with Crippen LogP contribution >= 0.6 is 11.6 Å². The monoisotopic (exact) mass is 253 g/mol. The van der Waals surface area contributed by atoms with E-state index in [0.717, 1.165) is 6.07 Å². The molecule has 88 valence electrons. The van der Waals surface area contributed by atoms with Crippen molar-refractivity contribution in [3.05, 3.63) is 58.8 Å². The van der Waals surface area contributed by atoms with Crippen LogP contribution in [0.25, 0.3) is 0 Å². The summed E-state index contributed by atoms with van der Waals surface area (Å²) in [4.78, 5) is 11.6. The van der Waals surface area contributed by atoms with Gasteiger partial charge in [0, 0.05) is 5.02 Å². The van der Waals surface area contributed by atoms with Crippen molar-refractivity contribution in [3.63, 3.8) is 0 Å². The number of rotatable bonds is 3. The Morgan fingerprint density at radius 2 is 2.24 bits per heavy atom. The van der Waals surface area contributed by atoms with Crippen molar-refractivity contribution in [3.8, 4) is 0 Å². The van der Waals surface area contributed by atoms with Gasteiger partial charge in [0.2, 0.25) is 0 Å². The molecular weight excluding hydrogens is 245 g/mol. The number of hydrogen-bond donors (Lipinski definition) is 1. The Labute approximate surface area is 102 Å². The summed E-state index contributed by atoms with van der Waals surface area (Å²) in [5, 5.41) is 2.80. The van der Waals surface area contributed by atoms with Gasteiger partial charge in [-0.2, -0.15) is 0 Å². The minimum Gasteiger partial charge on any atom is -0.467 e. The van der Waals surface area contributed by atoms with Crippen molar-refractivity contribution < 1.29 is 13.6 Å². The number of furan rings is 1. The van der Waals surface area contributed by atoms with Gasteiger partial charge in [0.25, 0.3) is 5.91 Å². The SMILES string of the molecule is O=C(NCc1ccco1)c1ccc(Cl)cc1F. The number of hydrogen-bond acceptors (Lipinski definition) is 2. The van der Waals surface area contributed by atoms with Gasteiger partial charge in [-0.05, 0) is 30.3 Å². The highest BCUT2D eigenvalue weighted by Gasteiger charge is 2.11. The molecule has 17 heavy (non-hydrogen) atoms. The molecule has 1 heterocycles. The summed E-state index contributed by atoms with van der Waals surface area (Å²) >= 11 is 5.59. The van der Waals surface area contributed by atoms with Crippen LogP contribution in [0, 0.1) is 5.82 Å². The maximum absolute atomic E-state index is 13.4. The van der Waals surface area contributed by atoms with E-state index >= 15 is 0 Å². The van der Waals surface area contributed by atoms with E-state index < -0.39 is 11.7 Å². The number of halogens is 2. The van der Waals surface area contributed by atoms with Crippen LogP contribution in [0.5, 0.6) is 0 Å². The van der Waals surface area contributed by atoms with Gasteiger partial charge in [0.1, 0.15) is 11.6 Å². The fourth-order valence-electron chi connectivity index (χ4n) is 1.35. The maximum Gasteiger partial charge on any atom is 0.254 e. The second-order valence-corrected chi connectivity index (χ2v) is 3.82. The summed E-state index contributed by atoms with van der Waals surface area (Å²) in [5.41, 5.74) is -0.0408. The summed E-state index contributed by atoms with van der Waals surface area (Å²) in [7, 11) is 0. The minimum atomic E-state index is -0.644. The fraction of sp³-hybridized carbons (Fsp3) is 0.0833. The summed E-state index contributed by atoms with van der Waals surface area (Å²) in [6.45, 7) is 0.216. The second-order valence-electron chi connectivity index (χ2n) is 3.39. The first-order valence-electron chi connectivity index (χ1n) is 4.92. The van der Waals surface area contributed by atoms with E-state index in [-0.39, 0.29) is 17.1 Å². The molecule has 0 unspecified atom stereocenters. The molecule has 0 bridgehead atoms. The highest BCUT2D eigenvalue weighted by Crippen LogP contribution is 2.14. The Morgan fingerprint density at radius 1 is 1.41 bits per heavy atom.